The van der Waals surface area contributed by atoms with Gasteiger partial charge in [0, 0.05) is 0 Å². The van der Waals surface area contributed by atoms with Crippen molar-refractivity contribution < 1.29 is 4.79 Å². The molecule has 2 aromatic carbocycles. The maximum Gasteiger partial charge on any atom is 0.329 e. The second-order valence-electron chi connectivity index (χ2n) is 3.18. The van der Waals surface area contributed by atoms with E-state index in [1.54, 1.807) is 0 Å². The molecular weight excluding hydrogens is 185 g/mol. The van der Waals surface area contributed by atoms with Crippen LogP contribution in [0.5, 0.6) is 0 Å². The Balaban J connectivity index is 2.48. The van der Waals surface area contributed by atoms with Gasteiger partial charge in [-0.1, -0.05) is 36.4 Å². The first-order valence-electron chi connectivity index (χ1n) is 4.74. The molecule has 0 spiro atoms. The summed E-state index contributed by atoms with van der Waals surface area (Å²) in [7, 11) is 0. The maximum atomic E-state index is 9.02. The molecule has 0 unspecified atom stereocenters. The monoisotopic (exact) mass is 195 g/mol. The highest BCUT2D eigenvalue weighted by Crippen LogP contribution is 2.08. The summed E-state index contributed by atoms with van der Waals surface area (Å²) in [5.41, 5.74) is 11.4. The molecule has 0 amide bonds. The summed E-state index contributed by atoms with van der Waals surface area (Å²) in [6, 6.07) is 19.2. The first kappa shape index (κ1) is 9.38. The lowest BCUT2D eigenvalue weighted by Gasteiger charge is -1.95. The van der Waals surface area contributed by atoms with Gasteiger partial charge in [-0.3, -0.25) is 0 Å². The highest BCUT2D eigenvalue weighted by atomic mass is 15.0. The molecule has 0 bridgehead atoms. The average Bonchev–Trinajstić information content (AvgIpc) is 2.33. The predicted molar refractivity (Wildman–Crippen MR) is 59.7 cm³/mol. The number of rotatable bonds is 2. The molecule has 2 nitrogen and oxygen atoms in total. The summed E-state index contributed by atoms with van der Waals surface area (Å²) in [6.07, 6.45) is 0. The van der Waals surface area contributed by atoms with E-state index >= 15 is 0 Å². The van der Waals surface area contributed by atoms with E-state index in [2.05, 4.69) is 4.79 Å². The molecule has 15 heavy (non-hydrogen) atoms. The summed E-state index contributed by atoms with van der Waals surface area (Å²) in [5.74, 6) is 0. The van der Waals surface area contributed by atoms with Gasteiger partial charge >= 0.3 is 5.71 Å². The van der Waals surface area contributed by atoms with Crippen LogP contribution in [0, 0.1) is 0 Å². The molecule has 0 aromatic heterocycles. The summed E-state index contributed by atoms with van der Waals surface area (Å²) in [6.45, 7) is 0. The van der Waals surface area contributed by atoms with Crippen LogP contribution in [-0.2, 0) is 0 Å². The number of benzene rings is 2. The van der Waals surface area contributed by atoms with Gasteiger partial charge in [-0.15, -0.1) is 0 Å². The lowest BCUT2D eigenvalue weighted by atomic mass is 10.2. The minimum atomic E-state index is 0.594. The molecule has 0 aliphatic heterocycles. The first-order chi connectivity index (χ1) is 7.42. The Kier molecular flexibility index (Phi) is 2.72. The van der Waals surface area contributed by atoms with E-state index in [9.17, 15) is 0 Å². The highest BCUT2D eigenvalue weighted by molar-refractivity contribution is 6.09. The third-order valence-corrected chi connectivity index (χ3v) is 2.19. The number of nitrogens with zero attached hydrogens (tertiary/aromatic N) is 2. The fourth-order valence-corrected chi connectivity index (χ4v) is 1.47. The quantitative estimate of drug-likeness (QED) is 0.306. The van der Waals surface area contributed by atoms with Crippen LogP contribution >= 0.6 is 0 Å². The molecule has 0 radical (unpaired) electrons. The van der Waals surface area contributed by atoms with Gasteiger partial charge in [0.15, 0.2) is 0 Å². The molecule has 72 valence electrons. The minimum absolute atomic E-state index is 0.594. The van der Waals surface area contributed by atoms with Crippen molar-refractivity contribution in [3.05, 3.63) is 77.3 Å². The van der Waals surface area contributed by atoms with Crippen molar-refractivity contribution >= 4 is 5.71 Å². The molecule has 0 fully saturated rings. The molecule has 0 aliphatic rings. The first-order valence-corrected chi connectivity index (χ1v) is 4.74. The predicted octanol–water partition coefficient (Wildman–Crippen LogP) is 2.75. The van der Waals surface area contributed by atoms with Crippen molar-refractivity contribution in [1.82, 2.24) is 0 Å². The van der Waals surface area contributed by atoms with Crippen LogP contribution in [0.2, 0.25) is 0 Å². The SMILES string of the molecule is [N-]=[N+]=[13C](c1ccccc1)c1ccccc1. The smallest absolute Gasteiger partial charge is 0.329 e. The van der Waals surface area contributed by atoms with E-state index in [0.29, 0.717) is 5.71 Å². The van der Waals surface area contributed by atoms with Crippen molar-refractivity contribution in [3.8, 4) is 0 Å². The van der Waals surface area contributed by atoms with E-state index < -0.39 is 0 Å². The standard InChI is InChI=1S/C13H10N2/c14-15-13(11-7-3-1-4-8-11)12-9-5-2-6-10-12/h1-10H/i13+1. The second kappa shape index (κ2) is 4.36. The third-order valence-electron chi connectivity index (χ3n) is 2.19. The summed E-state index contributed by atoms with van der Waals surface area (Å²) in [4.78, 5) is 3.35. The van der Waals surface area contributed by atoms with Gasteiger partial charge in [-0.2, -0.15) is 4.79 Å². The van der Waals surface area contributed by atoms with Gasteiger partial charge in [0.1, 0.15) is 0 Å². The van der Waals surface area contributed by atoms with E-state index in [4.69, 9.17) is 5.53 Å². The normalized spacial score (nSPS) is 9.33. The Morgan fingerprint density at radius 3 is 1.47 bits per heavy atom. The highest BCUT2D eigenvalue weighted by Gasteiger charge is 2.13. The van der Waals surface area contributed by atoms with Crippen LogP contribution in [0.4, 0.5) is 0 Å². The van der Waals surface area contributed by atoms with Crippen LogP contribution in [0.1, 0.15) is 11.1 Å². The van der Waals surface area contributed by atoms with E-state index in [1.165, 1.54) is 0 Å². The van der Waals surface area contributed by atoms with Crippen molar-refractivity contribution in [2.75, 3.05) is 0 Å². The minimum Gasteiger partial charge on any atom is -0.361 e. The molecule has 0 saturated heterocycles. The van der Waals surface area contributed by atoms with Crippen molar-refractivity contribution in [2.24, 2.45) is 0 Å². The Labute approximate surface area is 88.4 Å². The molecule has 0 heterocycles. The second-order valence-corrected chi connectivity index (χ2v) is 3.18. The topological polar surface area (TPSA) is 36.4 Å². The van der Waals surface area contributed by atoms with Gasteiger partial charge in [0.05, 0.1) is 11.1 Å². The van der Waals surface area contributed by atoms with Gasteiger partial charge in [0.25, 0.3) is 0 Å². The van der Waals surface area contributed by atoms with Crippen molar-refractivity contribution in [2.45, 2.75) is 0 Å². The lowest BCUT2D eigenvalue weighted by molar-refractivity contribution is -0.00279. The Hall–Kier alpha value is -2.18. The van der Waals surface area contributed by atoms with E-state index in [0.717, 1.165) is 11.1 Å². The molecule has 0 atom stereocenters. The van der Waals surface area contributed by atoms with E-state index in [-0.39, 0.29) is 0 Å². The van der Waals surface area contributed by atoms with Gasteiger partial charge in [-0.05, 0) is 24.3 Å². The number of hydrogen-bond acceptors (Lipinski definition) is 0. The summed E-state index contributed by atoms with van der Waals surface area (Å²) < 4.78 is 0. The van der Waals surface area contributed by atoms with Gasteiger partial charge in [0.2, 0.25) is 0 Å². The molecule has 0 aliphatic carbocycles. The fraction of sp³-hybridized carbons (Fsp3) is 0. The fourth-order valence-electron chi connectivity index (χ4n) is 1.47. The van der Waals surface area contributed by atoms with Crippen LogP contribution in [0.15, 0.2) is 60.7 Å². The molecule has 2 aromatic rings. The van der Waals surface area contributed by atoms with Gasteiger partial charge < -0.3 is 5.53 Å². The van der Waals surface area contributed by atoms with Crippen molar-refractivity contribution in [1.29, 1.82) is 0 Å². The zero-order valence-corrected chi connectivity index (χ0v) is 8.17. The zero-order valence-electron chi connectivity index (χ0n) is 8.17. The Bertz CT molecular complexity index is 441. The maximum absolute atomic E-state index is 9.02. The molecule has 0 saturated carbocycles. The summed E-state index contributed by atoms with van der Waals surface area (Å²) in [5, 5.41) is 0. The zero-order chi connectivity index (χ0) is 10.5. The van der Waals surface area contributed by atoms with Gasteiger partial charge in [-0.25, -0.2) is 0 Å². The molecule has 2 heteroatoms. The van der Waals surface area contributed by atoms with Crippen LogP contribution in [-0.4, -0.2) is 10.5 Å². The summed E-state index contributed by atoms with van der Waals surface area (Å²) >= 11 is 0. The molecule has 2 rings (SSSR count). The number of hydrogen-bond donors (Lipinski definition) is 0. The molecular formula is C13H10N2. The molecule has 0 N–H and O–H groups in total. The van der Waals surface area contributed by atoms with Crippen molar-refractivity contribution in [3.63, 3.8) is 0 Å². The van der Waals surface area contributed by atoms with Crippen LogP contribution < -0.4 is 0 Å². The van der Waals surface area contributed by atoms with E-state index in [1.807, 2.05) is 60.7 Å². The Morgan fingerprint density at radius 2 is 1.13 bits per heavy atom. The van der Waals surface area contributed by atoms with Crippen LogP contribution in [0.3, 0.4) is 0 Å². The average molecular weight is 195 g/mol. The largest absolute Gasteiger partial charge is 0.361 e. The third kappa shape index (κ3) is 2.01. The lowest BCUT2D eigenvalue weighted by Crippen LogP contribution is -2.03. The Morgan fingerprint density at radius 1 is 0.733 bits per heavy atom. The van der Waals surface area contributed by atoms with Crippen LogP contribution in [0.25, 0.3) is 5.53 Å².